The summed E-state index contributed by atoms with van der Waals surface area (Å²) < 4.78 is 168. The van der Waals surface area contributed by atoms with Gasteiger partial charge in [0.25, 0.3) is 0 Å². The molecule has 0 heterocycles. The number of carbonyl (C=O) groups excluding carboxylic acids is 1. The first-order valence-corrected chi connectivity index (χ1v) is 8.06. The van der Waals surface area contributed by atoms with Gasteiger partial charge in [0.1, 0.15) is 0 Å². The minimum Gasteiger partial charge on any atom is -0.353 e. The third-order valence-electron chi connectivity index (χ3n) is 3.90. The maximum atomic E-state index is 13.5. The Labute approximate surface area is 161 Å². The lowest BCUT2D eigenvalue weighted by molar-refractivity contribution is -0.440. The van der Waals surface area contributed by atoms with Crippen molar-refractivity contribution in [2.24, 2.45) is 0 Å². The highest BCUT2D eigenvalue weighted by molar-refractivity contribution is 5.86. The summed E-state index contributed by atoms with van der Waals surface area (Å²) in [4.78, 5) is 10.8. The molecule has 0 unspecified atom stereocenters. The van der Waals surface area contributed by atoms with Crippen molar-refractivity contribution in [3.8, 4) is 0 Å². The smallest absolute Gasteiger partial charge is 0.353 e. The lowest BCUT2D eigenvalue weighted by atomic mass is 9.91. The molecule has 0 aromatic carbocycles. The van der Waals surface area contributed by atoms with Crippen LogP contribution in [-0.4, -0.2) is 48.2 Å². The van der Waals surface area contributed by atoms with Gasteiger partial charge in [0.05, 0.1) is 0 Å². The topological polar surface area (TPSA) is 29.1 Å². The molecule has 0 bridgehead atoms. The van der Waals surface area contributed by atoms with Crippen LogP contribution < -0.4 is 5.32 Å². The molecule has 0 saturated heterocycles. The Morgan fingerprint density at radius 3 is 1.53 bits per heavy atom. The molecule has 1 amide bonds. The summed E-state index contributed by atoms with van der Waals surface area (Å²) in [5.41, 5.74) is 0. The minimum atomic E-state index is -7.87. The normalized spacial score (nSPS) is 14.6. The van der Waals surface area contributed by atoms with Crippen LogP contribution in [0.3, 0.4) is 0 Å². The zero-order valence-corrected chi connectivity index (χ0v) is 14.8. The predicted molar refractivity (Wildman–Crippen MR) is 77.1 cm³/mol. The lowest BCUT2D eigenvalue weighted by Gasteiger charge is -2.39. The second-order valence-corrected chi connectivity index (χ2v) is 6.16. The minimum absolute atomic E-state index is 0.00816. The van der Waals surface area contributed by atoms with E-state index >= 15 is 0 Å². The summed E-state index contributed by atoms with van der Waals surface area (Å²) in [5.74, 6) is -37.2. The number of amides is 1. The van der Waals surface area contributed by atoms with Crippen molar-refractivity contribution in [3.05, 3.63) is 12.7 Å². The van der Waals surface area contributed by atoms with Gasteiger partial charge < -0.3 is 5.32 Å². The van der Waals surface area contributed by atoms with Gasteiger partial charge in [0.2, 0.25) is 5.91 Å². The molecule has 0 radical (unpaired) electrons. The number of unbranched alkanes of at least 4 members (excludes halogenated alkanes) is 3. The summed E-state index contributed by atoms with van der Waals surface area (Å²) >= 11 is 0. The van der Waals surface area contributed by atoms with E-state index in [9.17, 15) is 61.9 Å². The van der Waals surface area contributed by atoms with E-state index in [1.165, 1.54) is 0 Å². The van der Waals surface area contributed by atoms with Crippen molar-refractivity contribution in [1.29, 1.82) is 0 Å². The summed E-state index contributed by atoms with van der Waals surface area (Å²) in [6, 6.07) is 0. The van der Waals surface area contributed by atoms with E-state index in [1.807, 2.05) is 0 Å². The Balaban J connectivity index is 5.20. The molecule has 0 aliphatic rings. The van der Waals surface area contributed by atoms with Crippen LogP contribution in [0.5, 0.6) is 0 Å². The Morgan fingerprint density at radius 2 is 1.10 bits per heavy atom. The number of alkyl halides is 13. The van der Waals surface area contributed by atoms with E-state index in [-0.39, 0.29) is 25.8 Å². The molecule has 0 fully saturated rings. The molecule has 0 atom stereocenters. The van der Waals surface area contributed by atoms with Gasteiger partial charge in [0.15, 0.2) is 0 Å². The van der Waals surface area contributed by atoms with Crippen LogP contribution in [0.25, 0.3) is 0 Å². The van der Waals surface area contributed by atoms with Gasteiger partial charge in [-0.25, -0.2) is 0 Å². The molecular weight excluding hydrogens is 457 g/mol. The maximum absolute atomic E-state index is 13.5. The first kappa shape index (κ1) is 28.3. The fourth-order valence-electron chi connectivity index (χ4n) is 2.07. The van der Waals surface area contributed by atoms with Crippen molar-refractivity contribution in [2.75, 3.05) is 6.54 Å². The molecule has 0 aromatic heterocycles. The van der Waals surface area contributed by atoms with Crippen LogP contribution in [-0.2, 0) is 4.79 Å². The molecule has 1 N–H and O–H groups in total. The Morgan fingerprint density at radius 1 is 0.667 bits per heavy atom. The van der Waals surface area contributed by atoms with E-state index in [4.69, 9.17) is 0 Å². The molecule has 0 aliphatic carbocycles. The second kappa shape index (κ2) is 9.20. The highest BCUT2D eigenvalue weighted by Crippen LogP contribution is 2.60. The number of rotatable bonds is 12. The van der Waals surface area contributed by atoms with Crippen molar-refractivity contribution < 1.29 is 61.9 Å². The van der Waals surface area contributed by atoms with Crippen LogP contribution in [0.15, 0.2) is 12.7 Å². The van der Waals surface area contributed by atoms with Crippen LogP contribution in [0, 0.1) is 0 Å². The zero-order valence-electron chi connectivity index (χ0n) is 14.8. The Hall–Kier alpha value is -1.70. The highest BCUT2D eigenvalue weighted by Gasteiger charge is 2.90. The van der Waals surface area contributed by atoms with Gasteiger partial charge in [-0.2, -0.15) is 57.1 Å². The molecule has 15 heteroatoms. The fraction of sp³-hybridized carbons (Fsp3) is 0.800. The summed E-state index contributed by atoms with van der Waals surface area (Å²) in [7, 11) is 0. The van der Waals surface area contributed by atoms with E-state index in [1.54, 1.807) is 0 Å². The maximum Gasteiger partial charge on any atom is 0.460 e. The third-order valence-corrected chi connectivity index (χ3v) is 3.90. The van der Waals surface area contributed by atoms with E-state index < -0.39 is 54.5 Å². The molecule has 178 valence electrons. The van der Waals surface area contributed by atoms with E-state index in [0.29, 0.717) is 0 Å². The zero-order chi connectivity index (χ0) is 24.2. The van der Waals surface area contributed by atoms with Gasteiger partial charge in [-0.05, 0) is 18.9 Å². The molecule has 30 heavy (non-hydrogen) atoms. The van der Waals surface area contributed by atoms with E-state index in [0.717, 1.165) is 6.08 Å². The first-order chi connectivity index (χ1) is 13.2. The van der Waals surface area contributed by atoms with Crippen molar-refractivity contribution in [3.63, 3.8) is 0 Å². The van der Waals surface area contributed by atoms with E-state index in [2.05, 4.69) is 11.9 Å². The van der Waals surface area contributed by atoms with Crippen molar-refractivity contribution >= 4 is 5.91 Å². The summed E-state index contributed by atoms with van der Waals surface area (Å²) in [6.45, 7) is 3.12. The summed E-state index contributed by atoms with van der Waals surface area (Å²) in [5, 5.41) is 2.26. The molecule has 2 nitrogen and oxygen atoms in total. The van der Waals surface area contributed by atoms with Gasteiger partial charge in [0, 0.05) is 13.0 Å². The van der Waals surface area contributed by atoms with Gasteiger partial charge in [-0.15, -0.1) is 0 Å². The molecule has 0 aliphatic heterocycles. The number of hydrogen-bond acceptors (Lipinski definition) is 1. The standard InChI is InChI=1S/C15H16F13NO/c1-2-9(30)29-8-6-4-3-5-7-10(16,17)11(18,19)12(20,21)13(22,23)14(24,25)15(26,27)28/h2H,1,3-8H2,(H,29,30). The summed E-state index contributed by atoms with van der Waals surface area (Å²) in [6.07, 6.45) is -9.92. The molecule has 0 spiro atoms. The molecule has 0 aromatic rings. The van der Waals surface area contributed by atoms with Crippen molar-refractivity contribution in [1.82, 2.24) is 5.32 Å². The fourth-order valence-corrected chi connectivity index (χ4v) is 2.07. The quantitative estimate of drug-likeness (QED) is 0.211. The van der Waals surface area contributed by atoms with Crippen LogP contribution in [0.4, 0.5) is 57.1 Å². The van der Waals surface area contributed by atoms with Crippen LogP contribution in [0.2, 0.25) is 0 Å². The molecule has 0 rings (SSSR count). The molecular formula is C15H16F13NO. The monoisotopic (exact) mass is 473 g/mol. The van der Waals surface area contributed by atoms with Gasteiger partial charge >= 0.3 is 35.8 Å². The van der Waals surface area contributed by atoms with Crippen LogP contribution >= 0.6 is 0 Å². The number of halogens is 13. The highest BCUT2D eigenvalue weighted by atomic mass is 19.4. The third kappa shape index (κ3) is 5.31. The number of carbonyl (C=O) groups is 1. The average molecular weight is 473 g/mol. The van der Waals surface area contributed by atoms with Crippen molar-refractivity contribution in [2.45, 2.75) is 67.9 Å². The number of hydrogen-bond donors (Lipinski definition) is 1. The number of nitrogens with one attached hydrogen (secondary N) is 1. The SMILES string of the molecule is C=CC(=O)NCCCCCCC(F)(F)C(F)(F)C(F)(F)C(F)(F)C(F)(F)C(F)(F)F. The van der Waals surface area contributed by atoms with Gasteiger partial charge in [-0.3, -0.25) is 4.79 Å². The lowest BCUT2D eigenvalue weighted by Crippen LogP contribution is -2.70. The predicted octanol–water partition coefficient (Wildman–Crippen LogP) is 5.98. The average Bonchev–Trinajstić information content (AvgIpc) is 2.58. The Kier molecular flexibility index (Phi) is 8.68. The molecule has 0 saturated carbocycles. The Bertz CT molecular complexity index is 598. The van der Waals surface area contributed by atoms with Gasteiger partial charge in [-0.1, -0.05) is 19.4 Å². The second-order valence-electron chi connectivity index (χ2n) is 6.16. The van der Waals surface area contributed by atoms with Crippen LogP contribution in [0.1, 0.15) is 32.1 Å². The first-order valence-electron chi connectivity index (χ1n) is 8.06. The largest absolute Gasteiger partial charge is 0.460 e.